The number of hydrogen-bond acceptors (Lipinski definition) is 4. The molecule has 0 saturated heterocycles. The van der Waals surface area contributed by atoms with Crippen molar-refractivity contribution in [3.63, 3.8) is 0 Å². The summed E-state index contributed by atoms with van der Waals surface area (Å²) < 4.78 is 1.70. The second-order valence-corrected chi connectivity index (χ2v) is 5.44. The number of carbonyl (C=O) groups is 1. The third-order valence-corrected chi connectivity index (χ3v) is 4.06. The average Bonchev–Trinajstić information content (AvgIpc) is 2.90. The maximum atomic E-state index is 12.0. The normalized spacial score (nSPS) is 10.7. The van der Waals surface area contributed by atoms with Crippen LogP contribution in [0.4, 0.5) is 5.82 Å². The number of nitrogens with zero attached hydrogens (tertiary/aromatic N) is 3. The molecular formula is C13H18N4OS. The molecule has 19 heavy (non-hydrogen) atoms. The highest BCUT2D eigenvalue weighted by atomic mass is 32.1. The molecule has 0 aliphatic carbocycles. The Morgan fingerprint density at radius 1 is 1.47 bits per heavy atom. The van der Waals surface area contributed by atoms with Crippen LogP contribution in [-0.2, 0) is 24.7 Å². The first-order valence-corrected chi connectivity index (χ1v) is 7.12. The molecule has 2 aromatic heterocycles. The van der Waals surface area contributed by atoms with Gasteiger partial charge in [0.1, 0.15) is 5.82 Å². The molecule has 2 heterocycles. The number of nitrogens with one attached hydrogen (secondary N) is 1. The van der Waals surface area contributed by atoms with E-state index in [9.17, 15) is 4.79 Å². The van der Waals surface area contributed by atoms with E-state index in [4.69, 9.17) is 0 Å². The fourth-order valence-electron chi connectivity index (χ4n) is 1.87. The largest absolute Gasteiger partial charge is 0.310 e. The van der Waals surface area contributed by atoms with Crippen LogP contribution in [-0.4, -0.2) is 20.7 Å². The van der Waals surface area contributed by atoms with Crippen LogP contribution in [0.2, 0.25) is 0 Å². The Morgan fingerprint density at radius 2 is 2.21 bits per heavy atom. The Morgan fingerprint density at radius 3 is 2.74 bits per heavy atom. The van der Waals surface area contributed by atoms with E-state index in [2.05, 4.69) is 22.3 Å². The van der Waals surface area contributed by atoms with Crippen molar-refractivity contribution >= 4 is 23.1 Å². The molecule has 0 saturated carbocycles. The molecule has 6 heteroatoms. The van der Waals surface area contributed by atoms with Gasteiger partial charge in [0.25, 0.3) is 0 Å². The Labute approximate surface area is 116 Å². The number of aryl methyl sites for hydroxylation is 3. The Bertz CT molecular complexity index is 600. The third-order valence-electron chi connectivity index (χ3n) is 3.02. The third kappa shape index (κ3) is 3.01. The number of aromatic nitrogens is 3. The lowest BCUT2D eigenvalue weighted by Gasteiger charge is -2.05. The van der Waals surface area contributed by atoms with Gasteiger partial charge in [-0.2, -0.15) is 5.10 Å². The van der Waals surface area contributed by atoms with Crippen LogP contribution in [0.5, 0.6) is 0 Å². The zero-order valence-electron chi connectivity index (χ0n) is 11.6. The molecule has 0 spiro atoms. The van der Waals surface area contributed by atoms with Crippen LogP contribution < -0.4 is 5.32 Å². The van der Waals surface area contributed by atoms with E-state index in [1.807, 2.05) is 26.3 Å². The molecule has 0 atom stereocenters. The first-order chi connectivity index (χ1) is 9.01. The van der Waals surface area contributed by atoms with Crippen LogP contribution in [0.15, 0.2) is 5.38 Å². The lowest BCUT2D eigenvalue weighted by atomic mass is 10.2. The van der Waals surface area contributed by atoms with Crippen molar-refractivity contribution in [3.8, 4) is 0 Å². The van der Waals surface area contributed by atoms with E-state index in [0.717, 1.165) is 34.2 Å². The van der Waals surface area contributed by atoms with Gasteiger partial charge in [0.05, 0.1) is 22.8 Å². The van der Waals surface area contributed by atoms with Gasteiger partial charge in [-0.3, -0.25) is 9.48 Å². The summed E-state index contributed by atoms with van der Waals surface area (Å²) in [6.45, 7) is 5.94. The summed E-state index contributed by atoms with van der Waals surface area (Å²) in [6.07, 6.45) is 1.21. The van der Waals surface area contributed by atoms with Crippen molar-refractivity contribution in [2.45, 2.75) is 33.6 Å². The smallest absolute Gasteiger partial charge is 0.231 e. The van der Waals surface area contributed by atoms with Gasteiger partial charge in [0.2, 0.25) is 5.91 Å². The summed E-state index contributed by atoms with van der Waals surface area (Å²) in [5.41, 5.74) is 2.76. The molecule has 2 aromatic rings. The number of rotatable bonds is 4. The topological polar surface area (TPSA) is 59.8 Å². The van der Waals surface area contributed by atoms with Crippen molar-refractivity contribution < 1.29 is 4.79 Å². The van der Waals surface area contributed by atoms with E-state index in [1.54, 1.807) is 16.0 Å². The lowest BCUT2D eigenvalue weighted by Crippen LogP contribution is -2.17. The summed E-state index contributed by atoms with van der Waals surface area (Å²) in [5, 5.41) is 10.2. The molecule has 1 amide bonds. The quantitative estimate of drug-likeness (QED) is 0.933. The maximum Gasteiger partial charge on any atom is 0.231 e. The van der Waals surface area contributed by atoms with Gasteiger partial charge < -0.3 is 5.32 Å². The first-order valence-electron chi connectivity index (χ1n) is 6.24. The second kappa shape index (κ2) is 5.52. The SMILES string of the molecule is CCc1nc(CC(=O)Nc2c(C)c(C)nn2C)cs1. The molecule has 0 unspecified atom stereocenters. The number of anilines is 1. The predicted octanol–water partition coefficient (Wildman–Crippen LogP) is 2.24. The Balaban J connectivity index is 2.05. The summed E-state index contributed by atoms with van der Waals surface area (Å²) >= 11 is 1.60. The number of carbonyl (C=O) groups excluding carboxylic acids is 1. The summed E-state index contributed by atoms with van der Waals surface area (Å²) in [6, 6.07) is 0. The monoisotopic (exact) mass is 278 g/mol. The highest BCUT2D eigenvalue weighted by molar-refractivity contribution is 7.09. The van der Waals surface area contributed by atoms with Crippen molar-refractivity contribution in [3.05, 3.63) is 27.3 Å². The van der Waals surface area contributed by atoms with Crippen LogP contribution in [0.3, 0.4) is 0 Å². The van der Waals surface area contributed by atoms with Crippen LogP contribution in [0, 0.1) is 13.8 Å². The van der Waals surface area contributed by atoms with E-state index in [0.29, 0.717) is 6.42 Å². The maximum absolute atomic E-state index is 12.0. The first kappa shape index (κ1) is 13.7. The van der Waals surface area contributed by atoms with Crippen molar-refractivity contribution in [1.29, 1.82) is 0 Å². The minimum atomic E-state index is -0.0564. The number of thiazole rings is 1. The van der Waals surface area contributed by atoms with Gasteiger partial charge in [0, 0.05) is 18.0 Å². The molecule has 0 fully saturated rings. The second-order valence-electron chi connectivity index (χ2n) is 4.49. The number of amides is 1. The molecular weight excluding hydrogens is 260 g/mol. The van der Waals surface area contributed by atoms with Gasteiger partial charge in [0.15, 0.2) is 0 Å². The fourth-order valence-corrected chi connectivity index (χ4v) is 2.62. The molecule has 0 radical (unpaired) electrons. The Hall–Kier alpha value is -1.69. The fraction of sp³-hybridized carbons (Fsp3) is 0.462. The van der Waals surface area contributed by atoms with Crippen molar-refractivity contribution in [1.82, 2.24) is 14.8 Å². The van der Waals surface area contributed by atoms with Crippen molar-refractivity contribution in [2.24, 2.45) is 7.05 Å². The van der Waals surface area contributed by atoms with Crippen LogP contribution in [0.25, 0.3) is 0 Å². The van der Waals surface area contributed by atoms with E-state index < -0.39 is 0 Å². The highest BCUT2D eigenvalue weighted by Gasteiger charge is 2.13. The molecule has 102 valence electrons. The predicted molar refractivity (Wildman–Crippen MR) is 76.5 cm³/mol. The number of hydrogen-bond donors (Lipinski definition) is 1. The van der Waals surface area contributed by atoms with E-state index in [-0.39, 0.29) is 5.91 Å². The summed E-state index contributed by atoms with van der Waals surface area (Å²) in [4.78, 5) is 16.4. The Kier molecular flexibility index (Phi) is 3.99. The summed E-state index contributed by atoms with van der Waals surface area (Å²) in [7, 11) is 1.83. The molecule has 5 nitrogen and oxygen atoms in total. The standard InChI is InChI=1S/C13H18N4OS/c1-5-12-14-10(7-19-12)6-11(18)15-13-8(2)9(3)16-17(13)4/h7H,5-6H2,1-4H3,(H,15,18). The lowest BCUT2D eigenvalue weighted by molar-refractivity contribution is -0.115. The van der Waals surface area contributed by atoms with Gasteiger partial charge in [-0.05, 0) is 20.3 Å². The zero-order chi connectivity index (χ0) is 14.0. The van der Waals surface area contributed by atoms with E-state index in [1.165, 1.54) is 0 Å². The minimum absolute atomic E-state index is 0.0564. The van der Waals surface area contributed by atoms with Gasteiger partial charge in [-0.15, -0.1) is 11.3 Å². The van der Waals surface area contributed by atoms with Crippen LogP contribution in [0.1, 0.15) is 28.9 Å². The average molecular weight is 278 g/mol. The summed E-state index contributed by atoms with van der Waals surface area (Å²) in [5.74, 6) is 0.701. The molecule has 0 aromatic carbocycles. The highest BCUT2D eigenvalue weighted by Crippen LogP contribution is 2.17. The zero-order valence-corrected chi connectivity index (χ0v) is 12.5. The van der Waals surface area contributed by atoms with Gasteiger partial charge >= 0.3 is 0 Å². The molecule has 0 aliphatic rings. The van der Waals surface area contributed by atoms with E-state index >= 15 is 0 Å². The molecule has 0 bridgehead atoms. The minimum Gasteiger partial charge on any atom is -0.310 e. The van der Waals surface area contributed by atoms with Crippen molar-refractivity contribution in [2.75, 3.05) is 5.32 Å². The molecule has 2 rings (SSSR count). The van der Waals surface area contributed by atoms with Gasteiger partial charge in [-0.25, -0.2) is 4.98 Å². The van der Waals surface area contributed by atoms with Crippen LogP contribution >= 0.6 is 11.3 Å². The van der Waals surface area contributed by atoms with Gasteiger partial charge in [-0.1, -0.05) is 6.92 Å². The molecule has 0 aliphatic heterocycles. The molecule has 1 N–H and O–H groups in total.